The molecule has 12 heavy (non-hydrogen) atoms. The van der Waals surface area contributed by atoms with Gasteiger partial charge in [-0.3, -0.25) is 0 Å². The van der Waals surface area contributed by atoms with Crippen LogP contribution in [0.15, 0.2) is 0 Å². The topological polar surface area (TPSA) is 46.5 Å². The standard InChI is InChI=1S/C9H16O3/c1-9(2)4-3-7(5-9)12-6-8(10)11/h7H,3-6H2,1-2H3,(H,10,11). The van der Waals surface area contributed by atoms with Crippen LogP contribution in [0.1, 0.15) is 33.1 Å². The molecule has 0 heterocycles. The van der Waals surface area contributed by atoms with Crippen LogP contribution in [0.5, 0.6) is 0 Å². The van der Waals surface area contributed by atoms with Crippen LogP contribution in [0.2, 0.25) is 0 Å². The van der Waals surface area contributed by atoms with Gasteiger partial charge in [0, 0.05) is 0 Å². The summed E-state index contributed by atoms with van der Waals surface area (Å²) in [6, 6.07) is 0. The van der Waals surface area contributed by atoms with Gasteiger partial charge < -0.3 is 9.84 Å². The summed E-state index contributed by atoms with van der Waals surface area (Å²) < 4.78 is 5.20. The van der Waals surface area contributed by atoms with Crippen molar-refractivity contribution in [1.82, 2.24) is 0 Å². The lowest BCUT2D eigenvalue weighted by Gasteiger charge is -2.16. The Morgan fingerprint density at radius 2 is 2.33 bits per heavy atom. The Hall–Kier alpha value is -0.570. The third kappa shape index (κ3) is 2.81. The smallest absolute Gasteiger partial charge is 0.329 e. The molecule has 0 amide bonds. The molecule has 0 radical (unpaired) electrons. The molecule has 1 rings (SSSR count). The Morgan fingerprint density at radius 1 is 1.67 bits per heavy atom. The van der Waals surface area contributed by atoms with Crippen molar-refractivity contribution >= 4 is 5.97 Å². The Labute approximate surface area is 72.7 Å². The maximum Gasteiger partial charge on any atom is 0.329 e. The van der Waals surface area contributed by atoms with Gasteiger partial charge in [-0.25, -0.2) is 4.79 Å². The van der Waals surface area contributed by atoms with Crippen LogP contribution in [-0.2, 0) is 9.53 Å². The van der Waals surface area contributed by atoms with Gasteiger partial charge in [0.15, 0.2) is 0 Å². The van der Waals surface area contributed by atoms with Gasteiger partial charge in [-0.05, 0) is 24.7 Å². The van der Waals surface area contributed by atoms with Crippen LogP contribution in [0, 0.1) is 5.41 Å². The zero-order valence-corrected chi connectivity index (χ0v) is 7.67. The summed E-state index contributed by atoms with van der Waals surface area (Å²) in [5.41, 5.74) is 0.336. The molecule has 0 aromatic carbocycles. The zero-order chi connectivity index (χ0) is 9.19. The van der Waals surface area contributed by atoms with E-state index >= 15 is 0 Å². The zero-order valence-electron chi connectivity index (χ0n) is 7.67. The predicted molar refractivity (Wildman–Crippen MR) is 45.0 cm³/mol. The molecular weight excluding hydrogens is 156 g/mol. The molecule has 1 atom stereocenters. The van der Waals surface area contributed by atoms with Gasteiger partial charge >= 0.3 is 5.97 Å². The molecule has 0 bridgehead atoms. The number of carboxylic acid groups (broad SMARTS) is 1. The van der Waals surface area contributed by atoms with Crippen LogP contribution in [0.3, 0.4) is 0 Å². The van der Waals surface area contributed by atoms with Crippen molar-refractivity contribution in [2.24, 2.45) is 5.41 Å². The lowest BCUT2D eigenvalue weighted by Crippen LogP contribution is -2.16. The minimum Gasteiger partial charge on any atom is -0.480 e. The molecule has 1 aliphatic carbocycles. The van der Waals surface area contributed by atoms with Gasteiger partial charge in [-0.1, -0.05) is 13.8 Å². The second kappa shape index (κ2) is 3.44. The molecule has 1 N–H and O–H groups in total. The quantitative estimate of drug-likeness (QED) is 0.704. The van der Waals surface area contributed by atoms with Crippen LogP contribution < -0.4 is 0 Å². The highest BCUT2D eigenvalue weighted by Crippen LogP contribution is 2.38. The van der Waals surface area contributed by atoms with Gasteiger partial charge in [0.2, 0.25) is 0 Å². The first-order chi connectivity index (χ1) is 5.49. The molecule has 70 valence electrons. The third-order valence-corrected chi connectivity index (χ3v) is 2.37. The maximum atomic E-state index is 10.2. The molecule has 0 aliphatic heterocycles. The van der Waals surface area contributed by atoms with E-state index in [-0.39, 0.29) is 12.7 Å². The summed E-state index contributed by atoms with van der Waals surface area (Å²) in [7, 11) is 0. The van der Waals surface area contributed by atoms with Gasteiger partial charge in [-0.15, -0.1) is 0 Å². The summed E-state index contributed by atoms with van der Waals surface area (Å²) in [5.74, 6) is -0.875. The Kier molecular flexibility index (Phi) is 2.73. The van der Waals surface area contributed by atoms with Crippen molar-refractivity contribution in [1.29, 1.82) is 0 Å². The number of carbonyl (C=O) groups is 1. The molecule has 0 spiro atoms. The lowest BCUT2D eigenvalue weighted by atomic mass is 9.92. The number of rotatable bonds is 3. The van der Waals surface area contributed by atoms with E-state index in [1.54, 1.807) is 0 Å². The minimum atomic E-state index is -0.875. The number of hydrogen-bond donors (Lipinski definition) is 1. The molecule has 1 aliphatic rings. The van der Waals surface area contributed by atoms with E-state index in [9.17, 15) is 4.79 Å². The van der Waals surface area contributed by atoms with Gasteiger partial charge in [0.1, 0.15) is 6.61 Å². The molecule has 0 aromatic heterocycles. The van der Waals surface area contributed by atoms with Crippen molar-refractivity contribution in [3.05, 3.63) is 0 Å². The van der Waals surface area contributed by atoms with Crippen LogP contribution in [-0.4, -0.2) is 23.8 Å². The summed E-state index contributed by atoms with van der Waals surface area (Å²) in [4.78, 5) is 10.2. The summed E-state index contributed by atoms with van der Waals surface area (Å²) in [6.07, 6.45) is 3.29. The summed E-state index contributed by atoms with van der Waals surface area (Å²) in [5, 5.41) is 8.38. The predicted octanol–water partition coefficient (Wildman–Crippen LogP) is 1.67. The van der Waals surface area contributed by atoms with E-state index in [0.717, 1.165) is 19.3 Å². The molecule has 3 nitrogen and oxygen atoms in total. The Morgan fingerprint density at radius 3 is 2.75 bits per heavy atom. The average molecular weight is 172 g/mol. The number of ether oxygens (including phenoxy) is 1. The molecule has 0 saturated heterocycles. The first kappa shape index (κ1) is 9.52. The van der Waals surface area contributed by atoms with Gasteiger partial charge in [-0.2, -0.15) is 0 Å². The van der Waals surface area contributed by atoms with Gasteiger partial charge in [0.05, 0.1) is 6.10 Å². The largest absolute Gasteiger partial charge is 0.480 e. The van der Waals surface area contributed by atoms with Crippen LogP contribution in [0.25, 0.3) is 0 Å². The first-order valence-electron chi connectivity index (χ1n) is 4.33. The summed E-state index contributed by atoms with van der Waals surface area (Å²) >= 11 is 0. The monoisotopic (exact) mass is 172 g/mol. The fourth-order valence-electron chi connectivity index (χ4n) is 1.70. The van der Waals surface area contributed by atoms with E-state index in [1.165, 1.54) is 0 Å². The fraction of sp³-hybridized carbons (Fsp3) is 0.889. The van der Waals surface area contributed by atoms with Crippen molar-refractivity contribution in [3.8, 4) is 0 Å². The van der Waals surface area contributed by atoms with Crippen LogP contribution in [0.4, 0.5) is 0 Å². The van der Waals surface area contributed by atoms with Crippen molar-refractivity contribution < 1.29 is 14.6 Å². The fourth-order valence-corrected chi connectivity index (χ4v) is 1.70. The second-order valence-electron chi connectivity index (χ2n) is 4.23. The SMILES string of the molecule is CC1(C)CCC(OCC(=O)O)C1. The number of carboxylic acids is 1. The van der Waals surface area contributed by atoms with E-state index in [4.69, 9.17) is 9.84 Å². The average Bonchev–Trinajstić information content (AvgIpc) is 2.26. The van der Waals surface area contributed by atoms with E-state index in [0.29, 0.717) is 5.41 Å². The van der Waals surface area contributed by atoms with Crippen LogP contribution >= 0.6 is 0 Å². The minimum absolute atomic E-state index is 0.152. The molecule has 0 aromatic rings. The second-order valence-corrected chi connectivity index (χ2v) is 4.23. The number of aliphatic carboxylic acids is 1. The van der Waals surface area contributed by atoms with Crippen molar-refractivity contribution in [3.63, 3.8) is 0 Å². The normalized spacial score (nSPS) is 27.3. The van der Waals surface area contributed by atoms with E-state index < -0.39 is 5.97 Å². The number of hydrogen-bond acceptors (Lipinski definition) is 2. The highest BCUT2D eigenvalue weighted by Gasteiger charge is 2.31. The lowest BCUT2D eigenvalue weighted by molar-refractivity contribution is -0.144. The summed E-state index contributed by atoms with van der Waals surface area (Å²) in [6.45, 7) is 4.23. The third-order valence-electron chi connectivity index (χ3n) is 2.37. The molecular formula is C9H16O3. The van der Waals surface area contributed by atoms with Gasteiger partial charge in [0.25, 0.3) is 0 Å². The highest BCUT2D eigenvalue weighted by molar-refractivity contribution is 5.68. The van der Waals surface area contributed by atoms with Crippen molar-refractivity contribution in [2.45, 2.75) is 39.2 Å². The Bertz CT molecular complexity index is 175. The molecule has 1 unspecified atom stereocenters. The van der Waals surface area contributed by atoms with E-state index in [1.807, 2.05) is 0 Å². The molecule has 3 heteroatoms. The highest BCUT2D eigenvalue weighted by atomic mass is 16.5. The maximum absolute atomic E-state index is 10.2. The Balaban J connectivity index is 2.24. The van der Waals surface area contributed by atoms with Crippen molar-refractivity contribution in [2.75, 3.05) is 6.61 Å². The molecule has 1 fully saturated rings. The van der Waals surface area contributed by atoms with E-state index in [2.05, 4.69) is 13.8 Å². The first-order valence-corrected chi connectivity index (χ1v) is 4.33. The molecule has 1 saturated carbocycles.